The summed E-state index contributed by atoms with van der Waals surface area (Å²) in [7, 11) is 1.65. The van der Waals surface area contributed by atoms with E-state index in [1.54, 1.807) is 11.6 Å². The van der Waals surface area contributed by atoms with Crippen molar-refractivity contribution >= 4 is 11.5 Å². The van der Waals surface area contributed by atoms with Gasteiger partial charge in [0.2, 0.25) is 5.88 Å². The molecule has 0 spiro atoms. The van der Waals surface area contributed by atoms with E-state index in [0.717, 1.165) is 35.7 Å². The summed E-state index contributed by atoms with van der Waals surface area (Å²) in [5, 5.41) is 8.01. The highest BCUT2D eigenvalue weighted by molar-refractivity contribution is 5.69. The van der Waals surface area contributed by atoms with Gasteiger partial charge in [0.25, 0.3) is 0 Å². The van der Waals surface area contributed by atoms with Gasteiger partial charge >= 0.3 is 0 Å². The van der Waals surface area contributed by atoms with Gasteiger partial charge < -0.3 is 10.1 Å². The van der Waals surface area contributed by atoms with Crippen molar-refractivity contribution in [1.82, 2.24) is 14.6 Å². The average molecular weight is 344 g/mol. The number of benzene rings is 2. The molecule has 2 aromatic carbocycles. The van der Waals surface area contributed by atoms with E-state index in [1.165, 1.54) is 5.56 Å². The van der Waals surface area contributed by atoms with Crippen LogP contribution in [-0.2, 0) is 6.42 Å². The molecule has 0 aliphatic rings. The smallest absolute Gasteiger partial charge is 0.243 e. The molecule has 2 aromatic heterocycles. The number of aromatic nitrogens is 3. The zero-order chi connectivity index (χ0) is 17.8. The first kappa shape index (κ1) is 16.1. The van der Waals surface area contributed by atoms with Gasteiger partial charge in [-0.1, -0.05) is 60.7 Å². The number of hydrogen-bond acceptors (Lipinski definition) is 4. The first-order valence-corrected chi connectivity index (χ1v) is 8.62. The lowest BCUT2D eigenvalue weighted by Crippen LogP contribution is -2.08. The van der Waals surface area contributed by atoms with Crippen molar-refractivity contribution in [1.29, 1.82) is 0 Å². The molecule has 0 saturated carbocycles. The third-order valence-corrected chi connectivity index (χ3v) is 4.24. The van der Waals surface area contributed by atoms with Crippen LogP contribution >= 0.6 is 0 Å². The summed E-state index contributed by atoms with van der Waals surface area (Å²) in [5.41, 5.74) is 3.86. The Morgan fingerprint density at radius 2 is 1.65 bits per heavy atom. The number of methoxy groups -OCH3 is 1. The maximum atomic E-state index is 5.59. The van der Waals surface area contributed by atoms with Crippen molar-refractivity contribution in [3.8, 4) is 17.1 Å². The lowest BCUT2D eigenvalue weighted by atomic mass is 10.1. The molecule has 130 valence electrons. The highest BCUT2D eigenvalue weighted by atomic mass is 16.5. The third kappa shape index (κ3) is 3.24. The van der Waals surface area contributed by atoms with Crippen LogP contribution in [0.15, 0.2) is 72.8 Å². The summed E-state index contributed by atoms with van der Waals surface area (Å²) in [6, 6.07) is 24.3. The van der Waals surface area contributed by atoms with Crippen LogP contribution in [0.5, 0.6) is 5.88 Å². The molecule has 0 saturated heterocycles. The summed E-state index contributed by atoms with van der Waals surface area (Å²) in [6.45, 7) is 0.811. The van der Waals surface area contributed by atoms with E-state index in [-0.39, 0.29) is 0 Å². The van der Waals surface area contributed by atoms with Gasteiger partial charge in [-0.15, -0.1) is 5.10 Å². The van der Waals surface area contributed by atoms with Gasteiger partial charge in [-0.3, -0.25) is 0 Å². The number of nitrogens with one attached hydrogen (secondary N) is 1. The maximum Gasteiger partial charge on any atom is 0.243 e. The van der Waals surface area contributed by atoms with Crippen molar-refractivity contribution in [2.45, 2.75) is 6.42 Å². The molecule has 0 fully saturated rings. The summed E-state index contributed by atoms with van der Waals surface area (Å²) in [4.78, 5) is 4.67. The van der Waals surface area contributed by atoms with Gasteiger partial charge in [0.05, 0.1) is 7.11 Å². The lowest BCUT2D eigenvalue weighted by molar-refractivity contribution is 0.389. The van der Waals surface area contributed by atoms with Crippen molar-refractivity contribution in [3.05, 3.63) is 78.4 Å². The molecule has 4 aromatic rings. The molecule has 5 heteroatoms. The SMILES string of the molecule is COc1c(-c2ccccc2)nc2ccc(NCCc3ccccc3)nn12. The fraction of sp³-hybridized carbons (Fsp3) is 0.143. The van der Waals surface area contributed by atoms with Crippen LogP contribution in [0.1, 0.15) is 5.56 Å². The van der Waals surface area contributed by atoms with Crippen LogP contribution in [-0.4, -0.2) is 28.3 Å². The monoisotopic (exact) mass is 344 g/mol. The molecule has 0 atom stereocenters. The molecular formula is C21H20N4O. The molecule has 0 radical (unpaired) electrons. The van der Waals surface area contributed by atoms with E-state index in [9.17, 15) is 0 Å². The Bertz CT molecular complexity index is 997. The second-order valence-electron chi connectivity index (χ2n) is 5.99. The Morgan fingerprint density at radius 3 is 2.38 bits per heavy atom. The van der Waals surface area contributed by atoms with Crippen LogP contribution in [0.3, 0.4) is 0 Å². The van der Waals surface area contributed by atoms with Gasteiger partial charge in [-0.25, -0.2) is 4.98 Å². The van der Waals surface area contributed by atoms with Gasteiger partial charge in [0.15, 0.2) is 5.65 Å². The fourth-order valence-electron chi connectivity index (χ4n) is 2.95. The minimum atomic E-state index is 0.637. The Kier molecular flexibility index (Phi) is 4.51. The minimum absolute atomic E-state index is 0.637. The fourth-order valence-corrected chi connectivity index (χ4v) is 2.95. The Hall–Kier alpha value is -3.34. The Morgan fingerprint density at radius 1 is 0.923 bits per heavy atom. The normalized spacial score (nSPS) is 10.8. The summed E-state index contributed by atoms with van der Waals surface area (Å²) in [6.07, 6.45) is 0.941. The molecule has 26 heavy (non-hydrogen) atoms. The number of hydrogen-bond donors (Lipinski definition) is 1. The predicted octanol–water partition coefficient (Wildman–Crippen LogP) is 4.06. The molecule has 1 N–H and O–H groups in total. The zero-order valence-corrected chi connectivity index (χ0v) is 14.6. The van der Waals surface area contributed by atoms with Crippen LogP contribution in [0, 0.1) is 0 Å². The molecule has 0 aliphatic heterocycles. The molecule has 0 aliphatic carbocycles. The van der Waals surface area contributed by atoms with Gasteiger partial charge in [0.1, 0.15) is 11.5 Å². The standard InChI is InChI=1S/C21H20N4O/c1-26-21-20(17-10-6-3-7-11-17)23-19-13-12-18(24-25(19)21)22-15-14-16-8-4-2-5-9-16/h2-13H,14-15H2,1H3,(H,22,24). The maximum absolute atomic E-state index is 5.59. The summed E-state index contributed by atoms with van der Waals surface area (Å²) in [5.74, 6) is 1.43. The predicted molar refractivity (Wildman–Crippen MR) is 104 cm³/mol. The van der Waals surface area contributed by atoms with Gasteiger partial charge in [-0.05, 0) is 24.1 Å². The summed E-state index contributed by atoms with van der Waals surface area (Å²) < 4.78 is 7.34. The van der Waals surface area contributed by atoms with Gasteiger partial charge in [0, 0.05) is 12.1 Å². The number of ether oxygens (including phenoxy) is 1. The van der Waals surface area contributed by atoms with Gasteiger partial charge in [-0.2, -0.15) is 4.52 Å². The highest BCUT2D eigenvalue weighted by Gasteiger charge is 2.15. The molecule has 0 unspecified atom stereocenters. The Balaban J connectivity index is 1.58. The number of nitrogens with zero attached hydrogens (tertiary/aromatic N) is 3. The second kappa shape index (κ2) is 7.27. The molecule has 0 bridgehead atoms. The van der Waals surface area contributed by atoms with E-state index in [1.807, 2.05) is 48.5 Å². The topological polar surface area (TPSA) is 51.5 Å². The highest BCUT2D eigenvalue weighted by Crippen LogP contribution is 2.30. The van der Waals surface area contributed by atoms with Crippen molar-refractivity contribution in [3.63, 3.8) is 0 Å². The van der Waals surface area contributed by atoms with Crippen LogP contribution < -0.4 is 10.1 Å². The van der Waals surface area contributed by atoms with E-state index in [4.69, 9.17) is 4.74 Å². The quantitative estimate of drug-likeness (QED) is 0.573. The van der Waals surface area contributed by atoms with Crippen molar-refractivity contribution in [2.24, 2.45) is 0 Å². The van der Waals surface area contributed by atoms with E-state index in [0.29, 0.717) is 5.88 Å². The molecule has 5 nitrogen and oxygen atoms in total. The van der Waals surface area contributed by atoms with Crippen molar-refractivity contribution in [2.75, 3.05) is 19.0 Å². The van der Waals surface area contributed by atoms with Crippen LogP contribution in [0.4, 0.5) is 5.82 Å². The van der Waals surface area contributed by atoms with Crippen LogP contribution in [0.25, 0.3) is 16.9 Å². The third-order valence-electron chi connectivity index (χ3n) is 4.24. The van der Waals surface area contributed by atoms with Crippen molar-refractivity contribution < 1.29 is 4.74 Å². The number of anilines is 1. The number of imidazole rings is 1. The molecule has 2 heterocycles. The molecule has 4 rings (SSSR count). The number of fused-ring (bicyclic) bond motifs is 1. The molecular weight excluding hydrogens is 324 g/mol. The summed E-state index contributed by atoms with van der Waals surface area (Å²) >= 11 is 0. The number of rotatable bonds is 6. The first-order chi connectivity index (χ1) is 12.8. The van der Waals surface area contributed by atoms with Crippen LogP contribution in [0.2, 0.25) is 0 Å². The Labute approximate surface area is 152 Å². The van der Waals surface area contributed by atoms with E-state index < -0.39 is 0 Å². The zero-order valence-electron chi connectivity index (χ0n) is 14.6. The lowest BCUT2D eigenvalue weighted by Gasteiger charge is -2.07. The average Bonchev–Trinajstić information content (AvgIpc) is 3.07. The second-order valence-corrected chi connectivity index (χ2v) is 5.99. The minimum Gasteiger partial charge on any atom is -0.479 e. The van der Waals surface area contributed by atoms with E-state index in [2.05, 4.69) is 39.7 Å². The van der Waals surface area contributed by atoms with E-state index >= 15 is 0 Å². The first-order valence-electron chi connectivity index (χ1n) is 8.62. The molecule has 0 amide bonds. The largest absolute Gasteiger partial charge is 0.479 e.